The quantitative estimate of drug-likeness (QED) is 0.525. The number of benzene rings is 2. The van der Waals surface area contributed by atoms with E-state index in [0.29, 0.717) is 23.4 Å². The number of aryl methyl sites for hydroxylation is 3. The largest absolute Gasteiger partial charge is 0.356 e. The maximum atomic E-state index is 12.8. The molecule has 0 spiro atoms. The van der Waals surface area contributed by atoms with Crippen molar-refractivity contribution >= 4 is 15.7 Å². The molecule has 0 bridgehead atoms. The molecule has 1 N–H and O–H groups in total. The van der Waals surface area contributed by atoms with E-state index in [1.807, 2.05) is 30.3 Å². The fourth-order valence-electron chi connectivity index (χ4n) is 3.18. The molecule has 158 valence electrons. The van der Waals surface area contributed by atoms with E-state index >= 15 is 0 Å². The third kappa shape index (κ3) is 5.79. The van der Waals surface area contributed by atoms with Gasteiger partial charge in [0.25, 0.3) is 0 Å². The fraction of sp³-hybridized carbons (Fsp3) is 0.304. The van der Waals surface area contributed by atoms with Crippen LogP contribution in [0.3, 0.4) is 0 Å². The van der Waals surface area contributed by atoms with Crippen LogP contribution in [0.5, 0.6) is 0 Å². The molecule has 1 amide bonds. The number of hydrogen-bond donors (Lipinski definition) is 1. The van der Waals surface area contributed by atoms with Crippen LogP contribution in [0.4, 0.5) is 0 Å². The van der Waals surface area contributed by atoms with Gasteiger partial charge in [0.1, 0.15) is 0 Å². The molecule has 3 rings (SSSR count). The van der Waals surface area contributed by atoms with Gasteiger partial charge in [0, 0.05) is 24.6 Å². The topological polar surface area (TPSA) is 89.3 Å². The monoisotopic (exact) mass is 426 g/mol. The van der Waals surface area contributed by atoms with Gasteiger partial charge in [-0.2, -0.15) is 0 Å². The number of sulfone groups is 1. The molecule has 7 heteroatoms. The highest BCUT2D eigenvalue weighted by molar-refractivity contribution is 7.91. The molecular formula is C23H26N2O4S. The van der Waals surface area contributed by atoms with E-state index in [-0.39, 0.29) is 23.0 Å². The molecule has 0 fully saturated rings. The van der Waals surface area contributed by atoms with Crippen LogP contribution in [0.15, 0.2) is 64.0 Å². The zero-order valence-corrected chi connectivity index (χ0v) is 18.0. The number of carbonyl (C=O) groups excluding carboxylic acids is 1. The second-order valence-electron chi connectivity index (χ2n) is 7.32. The number of nitrogens with zero attached hydrogens (tertiary/aromatic N) is 1. The Labute approximate surface area is 177 Å². The second-order valence-corrected chi connectivity index (χ2v) is 9.40. The minimum Gasteiger partial charge on any atom is -0.356 e. The highest BCUT2D eigenvalue weighted by atomic mass is 32.2. The van der Waals surface area contributed by atoms with Crippen LogP contribution >= 0.6 is 0 Å². The van der Waals surface area contributed by atoms with Crippen LogP contribution in [0.25, 0.3) is 11.3 Å². The number of carbonyl (C=O) groups is 1. The number of rotatable bonds is 9. The highest BCUT2D eigenvalue weighted by Crippen LogP contribution is 2.26. The summed E-state index contributed by atoms with van der Waals surface area (Å²) in [7, 11) is -3.61. The molecule has 2 aromatic carbocycles. The van der Waals surface area contributed by atoms with E-state index in [4.69, 9.17) is 4.52 Å². The van der Waals surface area contributed by atoms with Crippen molar-refractivity contribution in [3.63, 3.8) is 0 Å². The molecule has 0 saturated carbocycles. The normalized spacial score (nSPS) is 11.4. The van der Waals surface area contributed by atoms with E-state index < -0.39 is 9.84 Å². The van der Waals surface area contributed by atoms with Crippen molar-refractivity contribution in [3.05, 3.63) is 71.4 Å². The lowest BCUT2D eigenvalue weighted by molar-refractivity contribution is -0.120. The molecule has 0 aliphatic rings. The Morgan fingerprint density at radius 2 is 1.83 bits per heavy atom. The van der Waals surface area contributed by atoms with Gasteiger partial charge in [0.15, 0.2) is 15.6 Å². The summed E-state index contributed by atoms with van der Waals surface area (Å²) in [6.45, 7) is 4.07. The molecule has 1 aromatic heterocycles. The number of aromatic nitrogens is 1. The first-order valence-electron chi connectivity index (χ1n) is 9.93. The lowest BCUT2D eigenvalue weighted by Crippen LogP contribution is -2.27. The predicted molar refractivity (Wildman–Crippen MR) is 116 cm³/mol. The first kappa shape index (κ1) is 21.8. The Hall–Kier alpha value is -2.93. The van der Waals surface area contributed by atoms with Crippen molar-refractivity contribution in [2.75, 3.05) is 12.3 Å². The van der Waals surface area contributed by atoms with Gasteiger partial charge in [0.2, 0.25) is 5.91 Å². The van der Waals surface area contributed by atoms with Crippen molar-refractivity contribution < 1.29 is 17.7 Å². The van der Waals surface area contributed by atoms with Crippen LogP contribution in [-0.2, 0) is 21.1 Å². The van der Waals surface area contributed by atoms with E-state index in [9.17, 15) is 13.2 Å². The minimum absolute atomic E-state index is 0.0707. The summed E-state index contributed by atoms with van der Waals surface area (Å²) < 4.78 is 30.9. The van der Waals surface area contributed by atoms with Crippen LogP contribution < -0.4 is 5.32 Å². The molecule has 6 nitrogen and oxygen atoms in total. The SMILES string of the molecule is Cc1cc(-c2ccc(C)c(S(=O)(=O)CCC(=O)NCCCc3ccccc3)c2)on1. The second kappa shape index (κ2) is 9.71. The molecule has 0 aliphatic carbocycles. The highest BCUT2D eigenvalue weighted by Gasteiger charge is 2.20. The van der Waals surface area contributed by atoms with Gasteiger partial charge in [-0.05, 0) is 43.9 Å². The Bertz CT molecular complexity index is 1110. The van der Waals surface area contributed by atoms with Crippen LogP contribution in [-0.4, -0.2) is 31.8 Å². The van der Waals surface area contributed by atoms with Crippen molar-refractivity contribution in [1.29, 1.82) is 0 Å². The summed E-state index contributed by atoms with van der Waals surface area (Å²) in [6, 6.07) is 16.9. The summed E-state index contributed by atoms with van der Waals surface area (Å²) in [5, 5.41) is 6.65. The molecule has 0 atom stereocenters. The van der Waals surface area contributed by atoms with E-state index in [1.54, 1.807) is 38.1 Å². The Kier molecular flexibility index (Phi) is 7.05. The van der Waals surface area contributed by atoms with Gasteiger partial charge in [-0.25, -0.2) is 8.42 Å². The molecule has 0 unspecified atom stereocenters. The van der Waals surface area contributed by atoms with Gasteiger partial charge in [-0.15, -0.1) is 0 Å². The standard InChI is InChI=1S/C23H26N2O4S/c1-17-10-11-20(21-15-18(2)25-29-21)16-22(17)30(27,28)14-12-23(26)24-13-6-9-19-7-4-3-5-8-19/h3-5,7-8,10-11,15-16H,6,9,12-14H2,1-2H3,(H,24,26). The maximum Gasteiger partial charge on any atom is 0.221 e. The number of amides is 1. The first-order chi connectivity index (χ1) is 14.3. The summed E-state index contributed by atoms with van der Waals surface area (Å²) in [6.07, 6.45) is 1.60. The average Bonchev–Trinajstić information content (AvgIpc) is 3.17. The third-order valence-corrected chi connectivity index (χ3v) is 6.69. The molecule has 1 heterocycles. The molecule has 3 aromatic rings. The summed E-state index contributed by atoms with van der Waals surface area (Å²) in [5.41, 5.74) is 3.22. The van der Waals surface area contributed by atoms with E-state index in [2.05, 4.69) is 10.5 Å². The molecular weight excluding hydrogens is 400 g/mol. The molecule has 30 heavy (non-hydrogen) atoms. The first-order valence-corrected chi connectivity index (χ1v) is 11.6. The third-order valence-electron chi connectivity index (χ3n) is 4.84. The molecule has 0 aliphatic heterocycles. The van der Waals surface area contributed by atoms with Gasteiger partial charge in [-0.1, -0.05) is 47.6 Å². The van der Waals surface area contributed by atoms with Crippen LogP contribution in [0, 0.1) is 13.8 Å². The molecule has 0 saturated heterocycles. The zero-order valence-electron chi connectivity index (χ0n) is 17.2. The summed E-state index contributed by atoms with van der Waals surface area (Å²) in [4.78, 5) is 12.3. The van der Waals surface area contributed by atoms with Crippen molar-refractivity contribution in [3.8, 4) is 11.3 Å². The lowest BCUT2D eigenvalue weighted by atomic mass is 10.1. The van der Waals surface area contributed by atoms with Crippen LogP contribution in [0.1, 0.15) is 29.7 Å². The van der Waals surface area contributed by atoms with Crippen molar-refractivity contribution in [2.45, 2.75) is 38.0 Å². The Morgan fingerprint density at radius 3 is 2.53 bits per heavy atom. The predicted octanol–water partition coefficient (Wildman–Crippen LogP) is 3.87. The Morgan fingerprint density at radius 1 is 1.07 bits per heavy atom. The summed E-state index contributed by atoms with van der Waals surface area (Å²) in [5.74, 6) is 0.0171. The minimum atomic E-state index is -3.61. The van der Waals surface area contributed by atoms with Gasteiger partial charge >= 0.3 is 0 Å². The zero-order chi connectivity index (χ0) is 21.6. The lowest BCUT2D eigenvalue weighted by Gasteiger charge is -2.10. The van der Waals surface area contributed by atoms with Gasteiger partial charge < -0.3 is 9.84 Å². The number of nitrogens with one attached hydrogen (secondary N) is 1. The van der Waals surface area contributed by atoms with Crippen molar-refractivity contribution in [1.82, 2.24) is 10.5 Å². The maximum absolute atomic E-state index is 12.8. The summed E-state index contributed by atoms with van der Waals surface area (Å²) >= 11 is 0. The smallest absolute Gasteiger partial charge is 0.221 e. The Balaban J connectivity index is 1.55. The van der Waals surface area contributed by atoms with Gasteiger partial charge in [0.05, 0.1) is 16.3 Å². The number of hydrogen-bond acceptors (Lipinski definition) is 5. The fourth-order valence-corrected chi connectivity index (χ4v) is 4.72. The van der Waals surface area contributed by atoms with E-state index in [1.165, 1.54) is 5.56 Å². The molecule has 0 radical (unpaired) electrons. The van der Waals surface area contributed by atoms with Crippen LogP contribution in [0.2, 0.25) is 0 Å². The average molecular weight is 427 g/mol. The van der Waals surface area contributed by atoms with Gasteiger partial charge in [-0.3, -0.25) is 4.79 Å². The van der Waals surface area contributed by atoms with Crippen molar-refractivity contribution in [2.24, 2.45) is 0 Å². The van der Waals surface area contributed by atoms with E-state index in [0.717, 1.165) is 18.5 Å².